The summed E-state index contributed by atoms with van der Waals surface area (Å²) in [7, 11) is -3.29. The van der Waals surface area contributed by atoms with Gasteiger partial charge in [0.15, 0.2) is 9.84 Å². The van der Waals surface area contributed by atoms with Crippen LogP contribution in [0, 0.1) is 5.92 Å². The molecule has 1 rings (SSSR count). The number of nitrogens with zero attached hydrogens (tertiary/aromatic N) is 1. The number of hydrogen-bond donors (Lipinski definition) is 1. The summed E-state index contributed by atoms with van der Waals surface area (Å²) in [6.45, 7) is 0.696. The standard InChI is InChI=1S/C8H13NO5S/c1-15(13,14)5-7(10)9-3-6(4-9)2-8(11)12/h6H,2-5H2,1H3,(H,11,12). The van der Waals surface area contributed by atoms with Crippen molar-refractivity contribution in [1.29, 1.82) is 0 Å². The van der Waals surface area contributed by atoms with E-state index in [1.807, 2.05) is 0 Å². The van der Waals surface area contributed by atoms with Gasteiger partial charge in [0.25, 0.3) is 0 Å². The van der Waals surface area contributed by atoms with Gasteiger partial charge in [-0.25, -0.2) is 8.42 Å². The Balaban J connectivity index is 2.33. The Kier molecular flexibility index (Phi) is 3.33. The van der Waals surface area contributed by atoms with Gasteiger partial charge in [-0.2, -0.15) is 0 Å². The maximum absolute atomic E-state index is 11.3. The van der Waals surface area contributed by atoms with Crippen molar-refractivity contribution in [2.24, 2.45) is 5.92 Å². The molecule has 1 N–H and O–H groups in total. The fourth-order valence-corrected chi connectivity index (χ4v) is 2.10. The van der Waals surface area contributed by atoms with Crippen molar-refractivity contribution < 1.29 is 23.1 Å². The Hall–Kier alpha value is -1.11. The number of carboxylic acid groups (broad SMARTS) is 1. The van der Waals surface area contributed by atoms with Gasteiger partial charge in [-0.15, -0.1) is 0 Å². The third-order valence-electron chi connectivity index (χ3n) is 2.16. The smallest absolute Gasteiger partial charge is 0.303 e. The number of likely N-dealkylation sites (tertiary alicyclic amines) is 1. The van der Waals surface area contributed by atoms with Crippen molar-refractivity contribution in [1.82, 2.24) is 4.90 Å². The fraction of sp³-hybridized carbons (Fsp3) is 0.750. The molecule has 1 amide bonds. The number of sulfone groups is 1. The molecule has 0 radical (unpaired) electrons. The van der Waals surface area contributed by atoms with E-state index in [0.717, 1.165) is 6.26 Å². The third-order valence-corrected chi connectivity index (χ3v) is 2.93. The number of aliphatic carboxylic acids is 1. The van der Waals surface area contributed by atoms with Crippen molar-refractivity contribution in [2.45, 2.75) is 6.42 Å². The van der Waals surface area contributed by atoms with Crippen LogP contribution >= 0.6 is 0 Å². The van der Waals surface area contributed by atoms with Crippen LogP contribution in [0.15, 0.2) is 0 Å². The topological polar surface area (TPSA) is 91.8 Å². The minimum Gasteiger partial charge on any atom is -0.481 e. The summed E-state index contributed by atoms with van der Waals surface area (Å²) in [6.07, 6.45) is 1.03. The van der Waals surface area contributed by atoms with Crippen molar-refractivity contribution in [2.75, 3.05) is 25.1 Å². The Labute approximate surface area is 87.8 Å². The SMILES string of the molecule is CS(=O)(=O)CC(=O)N1CC(CC(=O)O)C1. The highest BCUT2D eigenvalue weighted by Gasteiger charge is 2.32. The first-order valence-electron chi connectivity index (χ1n) is 4.45. The second kappa shape index (κ2) is 4.18. The van der Waals surface area contributed by atoms with Crippen molar-refractivity contribution >= 4 is 21.7 Å². The van der Waals surface area contributed by atoms with E-state index in [2.05, 4.69) is 0 Å². The zero-order chi connectivity index (χ0) is 11.6. The van der Waals surface area contributed by atoms with Crippen LogP contribution in [-0.2, 0) is 19.4 Å². The number of rotatable bonds is 4. The molecule has 0 aromatic heterocycles. The summed E-state index contributed by atoms with van der Waals surface area (Å²) in [4.78, 5) is 22.9. The Morgan fingerprint density at radius 1 is 1.40 bits per heavy atom. The largest absolute Gasteiger partial charge is 0.481 e. The summed E-state index contributed by atoms with van der Waals surface area (Å²) in [5, 5.41) is 8.46. The lowest BCUT2D eigenvalue weighted by atomic mass is 9.96. The van der Waals surface area contributed by atoms with Gasteiger partial charge in [0.05, 0.1) is 6.42 Å². The first-order valence-corrected chi connectivity index (χ1v) is 6.51. The molecular formula is C8H13NO5S. The normalized spacial score (nSPS) is 17.3. The minimum atomic E-state index is -3.29. The molecule has 0 aromatic carbocycles. The molecule has 0 aromatic rings. The fourth-order valence-electron chi connectivity index (χ4n) is 1.47. The zero-order valence-electron chi connectivity index (χ0n) is 8.34. The number of carbonyl (C=O) groups excluding carboxylic acids is 1. The molecular weight excluding hydrogens is 222 g/mol. The van der Waals surface area contributed by atoms with E-state index in [0.29, 0.717) is 13.1 Å². The molecule has 0 unspecified atom stereocenters. The van der Waals surface area contributed by atoms with Crippen LogP contribution in [0.3, 0.4) is 0 Å². The molecule has 0 aliphatic carbocycles. The summed E-state index contributed by atoms with van der Waals surface area (Å²) < 4.78 is 21.6. The van der Waals surface area contributed by atoms with Gasteiger partial charge in [0.2, 0.25) is 5.91 Å². The van der Waals surface area contributed by atoms with E-state index in [-0.39, 0.29) is 12.3 Å². The molecule has 0 spiro atoms. The van der Waals surface area contributed by atoms with Crippen LogP contribution < -0.4 is 0 Å². The van der Waals surface area contributed by atoms with Crippen LogP contribution in [0.1, 0.15) is 6.42 Å². The molecule has 1 saturated heterocycles. The van der Waals surface area contributed by atoms with E-state index >= 15 is 0 Å². The van der Waals surface area contributed by atoms with Crippen molar-refractivity contribution in [3.05, 3.63) is 0 Å². The monoisotopic (exact) mass is 235 g/mol. The number of amides is 1. The summed E-state index contributed by atoms with van der Waals surface area (Å²) in [5.74, 6) is -1.87. The maximum Gasteiger partial charge on any atom is 0.303 e. The van der Waals surface area contributed by atoms with Crippen LogP contribution in [-0.4, -0.2) is 55.4 Å². The Morgan fingerprint density at radius 3 is 2.33 bits per heavy atom. The summed E-state index contributed by atoms with van der Waals surface area (Å²) in [6, 6.07) is 0. The van der Waals surface area contributed by atoms with E-state index < -0.39 is 27.5 Å². The predicted molar refractivity (Wildman–Crippen MR) is 52.0 cm³/mol. The molecule has 86 valence electrons. The van der Waals surface area contributed by atoms with Gasteiger partial charge in [-0.1, -0.05) is 0 Å². The lowest BCUT2D eigenvalue weighted by Crippen LogP contribution is -2.52. The molecule has 6 nitrogen and oxygen atoms in total. The molecule has 1 aliphatic heterocycles. The second-order valence-electron chi connectivity index (χ2n) is 3.83. The van der Waals surface area contributed by atoms with Crippen LogP contribution in [0.4, 0.5) is 0 Å². The molecule has 1 aliphatic rings. The lowest BCUT2D eigenvalue weighted by molar-refractivity contribution is -0.143. The average molecular weight is 235 g/mol. The molecule has 0 saturated carbocycles. The van der Waals surface area contributed by atoms with Crippen molar-refractivity contribution in [3.63, 3.8) is 0 Å². The van der Waals surface area contributed by atoms with Gasteiger partial charge >= 0.3 is 5.97 Å². The predicted octanol–water partition coefficient (Wildman–Crippen LogP) is -1.04. The first kappa shape index (κ1) is 12.0. The zero-order valence-corrected chi connectivity index (χ0v) is 9.16. The molecule has 0 bridgehead atoms. The van der Waals surface area contributed by atoms with Crippen molar-refractivity contribution in [3.8, 4) is 0 Å². The minimum absolute atomic E-state index is 0.0304. The van der Waals surface area contributed by atoms with E-state index in [4.69, 9.17) is 5.11 Å². The Morgan fingerprint density at radius 2 is 1.93 bits per heavy atom. The quantitative estimate of drug-likeness (QED) is 0.672. The molecule has 1 fully saturated rings. The third kappa shape index (κ3) is 3.86. The van der Waals surface area contributed by atoms with Crippen LogP contribution in [0.2, 0.25) is 0 Å². The molecule has 15 heavy (non-hydrogen) atoms. The highest BCUT2D eigenvalue weighted by molar-refractivity contribution is 7.91. The second-order valence-corrected chi connectivity index (χ2v) is 5.97. The van der Waals surface area contributed by atoms with Gasteiger partial charge < -0.3 is 10.0 Å². The first-order chi connectivity index (χ1) is 6.78. The van der Waals surface area contributed by atoms with E-state index in [1.54, 1.807) is 0 Å². The van der Waals surface area contributed by atoms with Gasteiger partial charge in [0.1, 0.15) is 5.75 Å². The Bertz CT molecular complexity index is 368. The van der Waals surface area contributed by atoms with E-state index in [1.165, 1.54) is 4.90 Å². The van der Waals surface area contributed by atoms with Gasteiger partial charge in [0, 0.05) is 25.3 Å². The highest BCUT2D eigenvalue weighted by Crippen LogP contribution is 2.19. The van der Waals surface area contributed by atoms with E-state index in [9.17, 15) is 18.0 Å². The van der Waals surface area contributed by atoms with Crippen LogP contribution in [0.25, 0.3) is 0 Å². The highest BCUT2D eigenvalue weighted by atomic mass is 32.2. The summed E-state index contributed by atoms with van der Waals surface area (Å²) >= 11 is 0. The molecule has 7 heteroatoms. The molecule has 0 atom stereocenters. The van der Waals surface area contributed by atoms with Crippen LogP contribution in [0.5, 0.6) is 0 Å². The average Bonchev–Trinajstić information content (AvgIpc) is 1.91. The van der Waals surface area contributed by atoms with Gasteiger partial charge in [-0.05, 0) is 0 Å². The maximum atomic E-state index is 11.3. The lowest BCUT2D eigenvalue weighted by Gasteiger charge is -2.38. The van der Waals surface area contributed by atoms with Gasteiger partial charge in [-0.3, -0.25) is 9.59 Å². The number of carbonyl (C=O) groups is 2. The number of hydrogen-bond acceptors (Lipinski definition) is 4. The summed E-state index contributed by atoms with van der Waals surface area (Å²) in [5.41, 5.74) is 0. The number of carboxylic acids is 1. The molecule has 1 heterocycles.